The maximum absolute atomic E-state index is 7.00. The Morgan fingerprint density at radius 1 is 0.857 bits per heavy atom. The van der Waals surface area contributed by atoms with Gasteiger partial charge in [0.1, 0.15) is 5.71 Å². The molecular formula is C24H37N3O. The minimum atomic E-state index is 0.425. The van der Waals surface area contributed by atoms with Gasteiger partial charge in [-0.15, -0.1) is 0 Å². The highest BCUT2D eigenvalue weighted by Crippen LogP contribution is 2.28. The monoisotopic (exact) mass is 383 g/mol. The standard InChI is InChI=1S/C21H27N3.C2H6.CH4O/c1-14(2)16(4)18-12-8-9-13-19(18)20(23-5)21(24-22)17-11-7-6-10-15(17)3;2*1-2/h6-14,16H,22H2,1-5H3;1-2H3;2H,1H3/b23-20?,24-21-;;. The normalized spacial score (nSPS) is 12.5. The van der Waals surface area contributed by atoms with E-state index in [1.165, 1.54) is 5.56 Å². The van der Waals surface area contributed by atoms with Crippen LogP contribution in [0.1, 0.15) is 62.8 Å². The van der Waals surface area contributed by atoms with E-state index in [1.54, 1.807) is 7.05 Å². The second-order valence-electron chi connectivity index (χ2n) is 6.48. The molecule has 2 aromatic rings. The molecule has 0 saturated carbocycles. The third-order valence-corrected chi connectivity index (χ3v) is 4.68. The zero-order valence-electron chi connectivity index (χ0n) is 18.7. The van der Waals surface area contributed by atoms with Crippen LogP contribution in [0.25, 0.3) is 0 Å². The highest BCUT2D eigenvalue weighted by atomic mass is 16.2. The topological polar surface area (TPSA) is 71.0 Å². The van der Waals surface area contributed by atoms with Gasteiger partial charge in [0.15, 0.2) is 0 Å². The molecule has 0 bridgehead atoms. The highest BCUT2D eigenvalue weighted by Gasteiger charge is 2.21. The summed E-state index contributed by atoms with van der Waals surface area (Å²) in [6.07, 6.45) is 0. The first kappa shape index (κ1) is 25.5. The van der Waals surface area contributed by atoms with Gasteiger partial charge in [-0.05, 0) is 29.9 Å². The second kappa shape index (κ2) is 13.7. The summed E-state index contributed by atoms with van der Waals surface area (Å²) >= 11 is 0. The van der Waals surface area contributed by atoms with Gasteiger partial charge in [-0.1, -0.05) is 83.1 Å². The molecule has 4 nitrogen and oxygen atoms in total. The van der Waals surface area contributed by atoms with Crippen molar-refractivity contribution in [2.24, 2.45) is 21.9 Å². The molecule has 1 atom stereocenters. The van der Waals surface area contributed by atoms with E-state index in [9.17, 15) is 0 Å². The zero-order chi connectivity index (χ0) is 21.7. The Morgan fingerprint density at radius 2 is 1.36 bits per heavy atom. The van der Waals surface area contributed by atoms with Crippen molar-refractivity contribution in [2.45, 2.75) is 47.5 Å². The van der Waals surface area contributed by atoms with Crippen molar-refractivity contribution < 1.29 is 5.11 Å². The van der Waals surface area contributed by atoms with Crippen molar-refractivity contribution in [3.05, 3.63) is 70.8 Å². The summed E-state index contributed by atoms with van der Waals surface area (Å²) in [5.41, 5.74) is 6.12. The molecule has 0 aliphatic carbocycles. The summed E-state index contributed by atoms with van der Waals surface area (Å²) in [5, 5.41) is 11.1. The molecule has 0 fully saturated rings. The molecule has 2 rings (SSSR count). The number of hydrazone groups is 1. The zero-order valence-corrected chi connectivity index (χ0v) is 18.7. The fourth-order valence-electron chi connectivity index (χ4n) is 2.92. The van der Waals surface area contributed by atoms with E-state index in [0.717, 1.165) is 35.2 Å². The van der Waals surface area contributed by atoms with Gasteiger partial charge in [0.2, 0.25) is 0 Å². The van der Waals surface area contributed by atoms with Crippen molar-refractivity contribution in [3.63, 3.8) is 0 Å². The summed E-state index contributed by atoms with van der Waals surface area (Å²) in [6.45, 7) is 12.8. The number of nitrogens with two attached hydrogens (primary N) is 1. The molecule has 154 valence electrons. The van der Waals surface area contributed by atoms with Crippen LogP contribution in [0.3, 0.4) is 0 Å². The minimum absolute atomic E-state index is 0.425. The minimum Gasteiger partial charge on any atom is -0.400 e. The Kier molecular flexibility index (Phi) is 12.5. The highest BCUT2D eigenvalue weighted by molar-refractivity contribution is 6.54. The molecule has 0 aliphatic rings. The lowest BCUT2D eigenvalue weighted by atomic mass is 9.84. The van der Waals surface area contributed by atoms with Crippen molar-refractivity contribution in [1.29, 1.82) is 0 Å². The van der Waals surface area contributed by atoms with Crippen LogP contribution in [-0.2, 0) is 0 Å². The summed E-state index contributed by atoms with van der Waals surface area (Å²) in [7, 11) is 2.80. The van der Waals surface area contributed by atoms with Crippen LogP contribution in [0, 0.1) is 12.8 Å². The Bertz CT molecular complexity index is 764. The van der Waals surface area contributed by atoms with Crippen molar-refractivity contribution in [2.75, 3.05) is 14.2 Å². The predicted molar refractivity (Wildman–Crippen MR) is 124 cm³/mol. The number of aliphatic hydroxyl groups excluding tert-OH is 1. The Labute approximate surface area is 171 Å². The Hall–Kier alpha value is -2.46. The van der Waals surface area contributed by atoms with Gasteiger partial charge < -0.3 is 10.9 Å². The maximum Gasteiger partial charge on any atom is 0.116 e. The largest absolute Gasteiger partial charge is 0.400 e. The molecule has 0 amide bonds. The van der Waals surface area contributed by atoms with Gasteiger partial charge in [0.25, 0.3) is 0 Å². The first-order valence-electron chi connectivity index (χ1n) is 9.86. The SMILES string of the molecule is CC.CN=C(/C(=N\N)c1ccccc1C)c1ccccc1C(C)C(C)C.CO. The third-order valence-electron chi connectivity index (χ3n) is 4.68. The molecule has 28 heavy (non-hydrogen) atoms. The summed E-state index contributed by atoms with van der Waals surface area (Å²) in [4.78, 5) is 4.56. The van der Waals surface area contributed by atoms with E-state index in [0.29, 0.717) is 11.8 Å². The van der Waals surface area contributed by atoms with Gasteiger partial charge in [0, 0.05) is 25.3 Å². The van der Waals surface area contributed by atoms with E-state index in [2.05, 4.69) is 62.1 Å². The number of rotatable bonds is 5. The maximum atomic E-state index is 7.00. The molecule has 2 aromatic carbocycles. The fourth-order valence-corrected chi connectivity index (χ4v) is 2.92. The van der Waals surface area contributed by atoms with Crippen LogP contribution in [0.15, 0.2) is 58.6 Å². The molecular weight excluding hydrogens is 346 g/mol. The molecule has 1 unspecified atom stereocenters. The van der Waals surface area contributed by atoms with Crippen LogP contribution in [0.5, 0.6) is 0 Å². The van der Waals surface area contributed by atoms with Crippen LogP contribution >= 0.6 is 0 Å². The molecule has 0 heterocycles. The average Bonchev–Trinajstić information content (AvgIpc) is 2.75. The summed E-state index contributed by atoms with van der Waals surface area (Å²) < 4.78 is 0. The van der Waals surface area contributed by atoms with Gasteiger partial charge >= 0.3 is 0 Å². The molecule has 0 radical (unpaired) electrons. The van der Waals surface area contributed by atoms with Gasteiger partial charge in [0.05, 0.1) is 5.71 Å². The fraction of sp³-hybridized carbons (Fsp3) is 0.417. The summed E-state index contributed by atoms with van der Waals surface area (Å²) in [6, 6.07) is 16.5. The molecule has 0 aliphatic heterocycles. The predicted octanol–water partition coefficient (Wildman–Crippen LogP) is 5.17. The van der Waals surface area contributed by atoms with Gasteiger partial charge in [-0.2, -0.15) is 5.10 Å². The molecule has 0 aromatic heterocycles. The number of aliphatic hydroxyl groups is 1. The number of hydrogen-bond donors (Lipinski definition) is 2. The lowest BCUT2D eigenvalue weighted by molar-refractivity contribution is 0.399. The van der Waals surface area contributed by atoms with Crippen LogP contribution in [-0.4, -0.2) is 30.7 Å². The van der Waals surface area contributed by atoms with Gasteiger partial charge in [-0.3, -0.25) is 4.99 Å². The van der Waals surface area contributed by atoms with Crippen LogP contribution < -0.4 is 5.84 Å². The van der Waals surface area contributed by atoms with E-state index >= 15 is 0 Å². The Morgan fingerprint density at radius 3 is 1.82 bits per heavy atom. The number of hydrogen-bond acceptors (Lipinski definition) is 4. The average molecular weight is 384 g/mol. The molecule has 0 spiro atoms. The van der Waals surface area contributed by atoms with Crippen LogP contribution in [0.4, 0.5) is 0 Å². The number of nitrogens with zero attached hydrogens (tertiary/aromatic N) is 2. The Balaban J connectivity index is 0.00000171. The first-order chi connectivity index (χ1) is 13.5. The number of aryl methyl sites for hydroxylation is 1. The first-order valence-corrected chi connectivity index (χ1v) is 9.86. The van der Waals surface area contributed by atoms with Gasteiger partial charge in [-0.25, -0.2) is 0 Å². The van der Waals surface area contributed by atoms with E-state index in [1.807, 2.05) is 38.1 Å². The van der Waals surface area contributed by atoms with Crippen LogP contribution in [0.2, 0.25) is 0 Å². The lowest BCUT2D eigenvalue weighted by Gasteiger charge is -2.21. The van der Waals surface area contributed by atoms with E-state index in [-0.39, 0.29) is 0 Å². The molecule has 0 saturated heterocycles. The van der Waals surface area contributed by atoms with E-state index < -0.39 is 0 Å². The number of benzene rings is 2. The smallest absolute Gasteiger partial charge is 0.116 e. The quantitative estimate of drug-likeness (QED) is 0.425. The lowest BCUT2D eigenvalue weighted by Crippen LogP contribution is -2.22. The van der Waals surface area contributed by atoms with Crippen molar-refractivity contribution >= 4 is 11.4 Å². The third kappa shape index (κ3) is 6.31. The molecule has 3 N–H and O–H groups in total. The van der Waals surface area contributed by atoms with E-state index in [4.69, 9.17) is 10.9 Å². The molecule has 4 heteroatoms. The second-order valence-corrected chi connectivity index (χ2v) is 6.48. The van der Waals surface area contributed by atoms with Crippen molar-refractivity contribution in [3.8, 4) is 0 Å². The summed E-state index contributed by atoms with van der Waals surface area (Å²) in [5.74, 6) is 6.75. The number of aliphatic imine (C=N–C) groups is 1. The van der Waals surface area contributed by atoms with Crippen molar-refractivity contribution in [1.82, 2.24) is 0 Å².